The molecule has 1 rings (SSSR count). The third kappa shape index (κ3) is 3.90. The number of ether oxygens (including phenoxy) is 1. The Hall–Kier alpha value is -1.56. The standard InChI is InChI=1S/C9H12ClN3O3/c1-9(2,3)16-8(15)13-6-5(14)4-11-7(10)12-6/h4,14H,1-3H3,(H,11,12,13,15). The highest BCUT2D eigenvalue weighted by Gasteiger charge is 2.18. The van der Waals surface area contributed by atoms with Gasteiger partial charge in [0.25, 0.3) is 0 Å². The third-order valence-electron chi connectivity index (χ3n) is 1.36. The van der Waals surface area contributed by atoms with E-state index in [0.717, 1.165) is 6.20 Å². The summed E-state index contributed by atoms with van der Waals surface area (Å²) in [7, 11) is 0. The third-order valence-corrected chi connectivity index (χ3v) is 1.54. The maximum atomic E-state index is 11.3. The zero-order valence-corrected chi connectivity index (χ0v) is 9.87. The minimum atomic E-state index is -0.724. The number of hydrogen-bond donors (Lipinski definition) is 2. The molecule has 0 aliphatic heterocycles. The Morgan fingerprint density at radius 3 is 2.75 bits per heavy atom. The van der Waals surface area contributed by atoms with Gasteiger partial charge in [0.05, 0.1) is 6.20 Å². The van der Waals surface area contributed by atoms with E-state index in [4.69, 9.17) is 16.3 Å². The maximum Gasteiger partial charge on any atom is 0.413 e. The largest absolute Gasteiger partial charge is 0.503 e. The van der Waals surface area contributed by atoms with Crippen molar-refractivity contribution in [3.8, 4) is 5.75 Å². The van der Waals surface area contributed by atoms with Gasteiger partial charge in [-0.2, -0.15) is 4.98 Å². The van der Waals surface area contributed by atoms with Crippen molar-refractivity contribution in [3.05, 3.63) is 11.5 Å². The molecule has 0 fully saturated rings. The SMILES string of the molecule is CC(C)(C)OC(=O)Nc1nc(Cl)ncc1O. The van der Waals surface area contributed by atoms with Gasteiger partial charge in [0.15, 0.2) is 11.6 Å². The van der Waals surface area contributed by atoms with E-state index in [2.05, 4.69) is 15.3 Å². The van der Waals surface area contributed by atoms with Gasteiger partial charge >= 0.3 is 6.09 Å². The number of anilines is 1. The van der Waals surface area contributed by atoms with Gasteiger partial charge in [0.1, 0.15) is 5.60 Å². The Morgan fingerprint density at radius 1 is 1.56 bits per heavy atom. The predicted molar refractivity (Wildman–Crippen MR) is 58.6 cm³/mol. The van der Waals surface area contributed by atoms with E-state index in [-0.39, 0.29) is 16.9 Å². The molecule has 16 heavy (non-hydrogen) atoms. The van der Waals surface area contributed by atoms with Crippen molar-refractivity contribution in [2.75, 3.05) is 5.32 Å². The maximum absolute atomic E-state index is 11.3. The Balaban J connectivity index is 2.73. The molecule has 7 heteroatoms. The zero-order chi connectivity index (χ0) is 12.3. The number of carbonyl (C=O) groups excluding carboxylic acids is 1. The fourth-order valence-corrected chi connectivity index (χ4v) is 0.980. The first-order chi connectivity index (χ1) is 7.28. The van der Waals surface area contributed by atoms with Crippen molar-refractivity contribution in [3.63, 3.8) is 0 Å². The number of aromatic nitrogens is 2. The average molecular weight is 246 g/mol. The summed E-state index contributed by atoms with van der Waals surface area (Å²) < 4.78 is 4.97. The fraction of sp³-hybridized carbons (Fsp3) is 0.444. The van der Waals surface area contributed by atoms with Crippen molar-refractivity contribution in [1.29, 1.82) is 0 Å². The number of aromatic hydroxyl groups is 1. The molecular formula is C9H12ClN3O3. The van der Waals surface area contributed by atoms with E-state index in [9.17, 15) is 9.90 Å². The summed E-state index contributed by atoms with van der Waals surface area (Å²) >= 11 is 5.51. The molecule has 0 bridgehead atoms. The molecule has 0 aliphatic carbocycles. The van der Waals surface area contributed by atoms with Crippen LogP contribution in [0.3, 0.4) is 0 Å². The summed E-state index contributed by atoms with van der Waals surface area (Å²) in [5.41, 5.74) is -0.628. The van der Waals surface area contributed by atoms with Crippen molar-refractivity contribution in [2.24, 2.45) is 0 Å². The highest BCUT2D eigenvalue weighted by Crippen LogP contribution is 2.21. The summed E-state index contributed by atoms with van der Waals surface area (Å²) in [5.74, 6) is -0.371. The summed E-state index contributed by atoms with van der Waals surface area (Å²) in [6.07, 6.45) is 0.361. The highest BCUT2D eigenvalue weighted by molar-refractivity contribution is 6.28. The molecule has 0 spiro atoms. The van der Waals surface area contributed by atoms with Gasteiger partial charge in [-0.05, 0) is 32.4 Å². The first-order valence-corrected chi connectivity index (χ1v) is 4.87. The first kappa shape index (κ1) is 12.5. The summed E-state index contributed by atoms with van der Waals surface area (Å²) in [6, 6.07) is 0. The van der Waals surface area contributed by atoms with Crippen LogP contribution < -0.4 is 5.32 Å². The van der Waals surface area contributed by atoms with E-state index in [1.165, 1.54) is 0 Å². The number of nitrogens with one attached hydrogen (secondary N) is 1. The number of rotatable bonds is 1. The topological polar surface area (TPSA) is 84.3 Å². The number of carbonyl (C=O) groups is 1. The molecule has 0 saturated heterocycles. The van der Waals surface area contributed by atoms with E-state index in [0.29, 0.717) is 0 Å². The van der Waals surface area contributed by atoms with Gasteiger partial charge in [0.2, 0.25) is 5.28 Å². The lowest BCUT2D eigenvalue weighted by Gasteiger charge is -2.19. The van der Waals surface area contributed by atoms with Crippen molar-refractivity contribution >= 4 is 23.5 Å². The molecule has 0 radical (unpaired) electrons. The monoisotopic (exact) mass is 245 g/mol. The molecule has 0 unspecified atom stereocenters. The lowest BCUT2D eigenvalue weighted by atomic mass is 10.2. The molecular weight excluding hydrogens is 234 g/mol. The molecule has 1 amide bonds. The second kappa shape index (κ2) is 4.52. The normalized spacial score (nSPS) is 11.0. The minimum Gasteiger partial charge on any atom is -0.503 e. The van der Waals surface area contributed by atoms with Gasteiger partial charge in [-0.15, -0.1) is 0 Å². The lowest BCUT2D eigenvalue weighted by molar-refractivity contribution is 0.0634. The number of nitrogens with zero attached hydrogens (tertiary/aromatic N) is 2. The zero-order valence-electron chi connectivity index (χ0n) is 9.11. The Morgan fingerprint density at radius 2 is 2.19 bits per heavy atom. The number of halogens is 1. The second-order valence-electron chi connectivity index (χ2n) is 4.00. The van der Waals surface area contributed by atoms with E-state index < -0.39 is 11.7 Å². The molecule has 1 aromatic heterocycles. The molecule has 0 atom stereocenters. The van der Waals surface area contributed by atoms with Crippen LogP contribution in [0.4, 0.5) is 10.6 Å². The molecule has 88 valence electrons. The van der Waals surface area contributed by atoms with Crippen LogP contribution in [0.15, 0.2) is 6.20 Å². The molecule has 1 aromatic rings. The smallest absolute Gasteiger partial charge is 0.413 e. The van der Waals surface area contributed by atoms with Crippen LogP contribution in [0, 0.1) is 0 Å². The average Bonchev–Trinajstić information content (AvgIpc) is 2.08. The molecule has 1 heterocycles. The van der Waals surface area contributed by atoms with Crippen LogP contribution in [-0.2, 0) is 4.74 Å². The quantitative estimate of drug-likeness (QED) is 0.741. The van der Waals surface area contributed by atoms with Crippen LogP contribution in [0.1, 0.15) is 20.8 Å². The van der Waals surface area contributed by atoms with Gasteiger partial charge in [-0.1, -0.05) is 0 Å². The minimum absolute atomic E-state index is 0.0798. The van der Waals surface area contributed by atoms with Gasteiger partial charge in [-0.25, -0.2) is 9.78 Å². The summed E-state index contributed by atoms with van der Waals surface area (Å²) in [4.78, 5) is 18.5. The molecule has 6 nitrogen and oxygen atoms in total. The number of amides is 1. The van der Waals surface area contributed by atoms with Gasteiger partial charge in [0, 0.05) is 0 Å². The van der Waals surface area contributed by atoms with Crippen LogP contribution in [0.25, 0.3) is 0 Å². The molecule has 0 saturated carbocycles. The molecule has 0 aromatic carbocycles. The van der Waals surface area contributed by atoms with Crippen LogP contribution in [-0.4, -0.2) is 26.8 Å². The summed E-state index contributed by atoms with van der Waals surface area (Å²) in [6.45, 7) is 5.16. The summed E-state index contributed by atoms with van der Waals surface area (Å²) in [5, 5.41) is 11.5. The highest BCUT2D eigenvalue weighted by atomic mass is 35.5. The lowest BCUT2D eigenvalue weighted by Crippen LogP contribution is -2.27. The Bertz CT molecular complexity index is 403. The fourth-order valence-electron chi connectivity index (χ4n) is 0.846. The predicted octanol–water partition coefficient (Wildman–Crippen LogP) is 2.18. The van der Waals surface area contributed by atoms with E-state index in [1.54, 1.807) is 20.8 Å². The van der Waals surface area contributed by atoms with Gasteiger partial charge < -0.3 is 9.84 Å². The van der Waals surface area contributed by atoms with Crippen molar-refractivity contribution in [1.82, 2.24) is 9.97 Å². The first-order valence-electron chi connectivity index (χ1n) is 4.49. The van der Waals surface area contributed by atoms with Gasteiger partial charge in [-0.3, -0.25) is 5.32 Å². The Labute approximate surface area is 97.6 Å². The van der Waals surface area contributed by atoms with Crippen LogP contribution in [0.5, 0.6) is 5.75 Å². The van der Waals surface area contributed by atoms with Crippen molar-refractivity contribution in [2.45, 2.75) is 26.4 Å². The van der Waals surface area contributed by atoms with Crippen molar-refractivity contribution < 1.29 is 14.6 Å². The van der Waals surface area contributed by atoms with E-state index in [1.807, 2.05) is 0 Å². The molecule has 0 aliphatic rings. The molecule has 2 N–H and O–H groups in total. The number of hydrogen-bond acceptors (Lipinski definition) is 5. The van der Waals surface area contributed by atoms with Crippen LogP contribution in [0.2, 0.25) is 5.28 Å². The van der Waals surface area contributed by atoms with Crippen LogP contribution >= 0.6 is 11.6 Å². The Kier molecular flexibility index (Phi) is 3.54. The van der Waals surface area contributed by atoms with E-state index >= 15 is 0 Å². The second-order valence-corrected chi connectivity index (χ2v) is 4.34.